The number of benzene rings is 6. The average molecular weight is 1620 g/mol. The summed E-state index contributed by atoms with van der Waals surface area (Å²) in [5.41, 5.74) is 44.5. The summed E-state index contributed by atoms with van der Waals surface area (Å²) in [5, 5.41) is 54.8. The van der Waals surface area contributed by atoms with E-state index in [9.17, 15) is 62.9 Å². The number of nitroso groups, excluding NO2 is 2. The van der Waals surface area contributed by atoms with E-state index in [1.807, 2.05) is 57.7 Å². The number of anilines is 2. The van der Waals surface area contributed by atoms with E-state index in [2.05, 4.69) is 43.6 Å². The monoisotopic (exact) mass is 1620 g/mol. The van der Waals surface area contributed by atoms with Gasteiger partial charge in [-0.15, -0.1) is 45.1 Å². The number of primary amides is 5. The van der Waals surface area contributed by atoms with Crippen LogP contribution >= 0.6 is 103 Å². The first-order valence-corrected chi connectivity index (χ1v) is 31.0. The molecule has 2 atom stereocenters. The predicted molar refractivity (Wildman–Crippen MR) is 361 cm³/mol. The lowest BCUT2D eigenvalue weighted by Crippen LogP contribution is -2.49. The number of carbonyl (C=O) groups excluding carboxylic acids is 7. The number of thioether (sulfide) groups is 3. The van der Waals surface area contributed by atoms with Crippen molar-refractivity contribution in [1.29, 1.82) is 0 Å². The van der Waals surface area contributed by atoms with Crippen molar-refractivity contribution < 1.29 is 73.5 Å². The fourth-order valence-electron chi connectivity index (χ4n) is 5.99. The minimum Gasteiger partial charge on any atom is -0.507 e. The molecule has 7 amide bonds. The number of carbonyl (C=O) groups is 10. The zero-order valence-electron chi connectivity index (χ0n) is 46.4. The minimum atomic E-state index is -1.31. The molecule has 0 heterocycles. The number of phenols is 2. The molecule has 35 heteroatoms. The Morgan fingerprint density at radius 2 is 0.944 bits per heavy atom. The number of amides is 7. The van der Waals surface area contributed by atoms with Crippen molar-refractivity contribution in [1.82, 2.24) is 10.6 Å². The van der Waals surface area contributed by atoms with E-state index in [0.29, 0.717) is 46.3 Å². The second kappa shape index (κ2) is 40.2. The number of carboxylic acid groups (broad SMARTS) is 3. The van der Waals surface area contributed by atoms with Crippen LogP contribution in [-0.2, 0) is 19.2 Å². The lowest BCUT2D eigenvalue weighted by atomic mass is 10.1. The molecule has 0 fully saturated rings. The average Bonchev–Trinajstić information content (AvgIpc) is 3.37. The molecule has 29 nitrogen and oxygen atoms in total. The van der Waals surface area contributed by atoms with E-state index < -0.39 is 77.9 Å². The van der Waals surface area contributed by atoms with Crippen molar-refractivity contribution >= 4 is 185 Å². The number of hydrogen-bond donors (Lipinski definition) is 15. The largest absolute Gasteiger partial charge is 0.507 e. The molecule has 6 aromatic rings. The van der Waals surface area contributed by atoms with E-state index in [0.717, 1.165) is 31.2 Å². The molecule has 6 rings (SSSR count). The highest BCUT2D eigenvalue weighted by atomic mass is 127. The second-order valence-electron chi connectivity index (χ2n) is 16.9. The van der Waals surface area contributed by atoms with E-state index >= 15 is 0 Å². The molecule has 0 radical (unpaired) electrons. The summed E-state index contributed by atoms with van der Waals surface area (Å²) in [6.07, 6.45) is 3.29. The van der Waals surface area contributed by atoms with Gasteiger partial charge in [-0.25, -0.2) is 4.79 Å². The Bertz CT molecular complexity index is 3470. The molecule has 2 unspecified atom stereocenters. The fourth-order valence-corrected chi connectivity index (χ4v) is 9.06. The third kappa shape index (κ3) is 29.0. The summed E-state index contributed by atoms with van der Waals surface area (Å²) < 4.78 is 2.33. The second-order valence-corrected chi connectivity index (χ2v) is 23.2. The van der Waals surface area contributed by atoms with Gasteiger partial charge in [0.25, 0.3) is 0 Å². The highest BCUT2D eigenvalue weighted by Gasteiger charge is 2.24. The van der Waals surface area contributed by atoms with Crippen LogP contribution < -0.4 is 56.5 Å². The molecule has 23 N–H and O–H groups in total. The molecule has 6 aromatic carbocycles. The van der Waals surface area contributed by atoms with Crippen molar-refractivity contribution in [2.45, 2.75) is 39.6 Å². The van der Waals surface area contributed by atoms with Crippen LogP contribution in [0.25, 0.3) is 0 Å². The molecular weight excluding hydrogens is 1570 g/mol. The minimum absolute atomic E-state index is 0.0851. The van der Waals surface area contributed by atoms with Gasteiger partial charge >= 0.3 is 17.9 Å². The Balaban J connectivity index is 0.000000571. The lowest BCUT2D eigenvalue weighted by molar-refractivity contribution is -0.139. The highest BCUT2D eigenvalue weighted by molar-refractivity contribution is 14.1. The SMILES string of the molecule is CSc1ccc(C(N)=O)cc1N.CSc1ccc(C(N)=O)cc1O.NC(=O)c1ccc(I)c(N)c1.NC(=O)c1ccc(I)c(N=O)c1.NC(=O)c1ccc(I)c(O)c1.NC(CCC(=O)NC(CSc1ccc(C(=O)O)cc1N=O)C(=O)NCC(=O)O)C(=O)O. The van der Waals surface area contributed by atoms with Gasteiger partial charge in [-0.1, -0.05) is 0 Å². The summed E-state index contributed by atoms with van der Waals surface area (Å²) in [6.45, 7) is -0.700. The summed E-state index contributed by atoms with van der Waals surface area (Å²) in [6, 6.07) is 24.8. The predicted octanol–water partition coefficient (Wildman–Crippen LogP) is 5.91. The van der Waals surface area contributed by atoms with E-state index in [4.69, 9.17) is 66.3 Å². The number of halogens is 3. The summed E-state index contributed by atoms with van der Waals surface area (Å²) in [5.74, 6) is -7.88. The molecule has 0 aliphatic heterocycles. The van der Waals surface area contributed by atoms with E-state index in [-0.39, 0.29) is 51.9 Å². The Labute approximate surface area is 559 Å². The molecule has 0 spiro atoms. The van der Waals surface area contributed by atoms with E-state index in [1.165, 1.54) is 53.9 Å². The van der Waals surface area contributed by atoms with Crippen LogP contribution in [-0.4, -0.2) is 122 Å². The normalized spacial score (nSPS) is 10.5. The fraction of sp³-hybridized carbons (Fsp3) is 0.148. The first-order valence-electron chi connectivity index (χ1n) is 24.3. The number of nitrogens with one attached hydrogen (secondary N) is 2. The maximum absolute atomic E-state index is 12.3. The van der Waals surface area contributed by atoms with Crippen molar-refractivity contribution in [2.75, 3.05) is 36.3 Å². The smallest absolute Gasteiger partial charge is 0.335 e. The van der Waals surface area contributed by atoms with Crippen LogP contribution in [0.3, 0.4) is 0 Å². The third-order valence-corrected chi connectivity index (χ3v) is 16.2. The van der Waals surface area contributed by atoms with Gasteiger partial charge < -0.3 is 82.0 Å². The molecule has 0 aliphatic rings. The molecule has 89 heavy (non-hydrogen) atoms. The standard InChI is InChI=1S/C17H20N4O9S.C8H10N2OS.C8H9NO2S.C7H5IN2O2.C7H7IN2O.C7H6INO2/c18-9(17(28)29)2-4-13(22)20-11(15(25)19-6-14(23)24)7-31-12-3-1-8(16(26)27)5-10(12)21-30;1-12-7-3-2-5(8(10)11)4-6(7)9;1-12-7-3-2-5(8(9)11)4-6(7)10;8-5-2-1-4(7(9)11)3-6(5)10-12;8-5-2-1-4(7(10)11)3-6(5)9;8-5-2-1-4(7(9)11)3-6(5)10/h1,3,5,9,11H,2,4,6-7,18H2,(H,19,25)(H,20,22)(H,23,24)(H,26,27)(H,28,29);2-4H,9H2,1H3,(H2,10,11);2-4,10H,1H3,(H2,9,11);1-3H,(H2,9,11);1-3H,9H2,(H2,10,11);1-3,10H,(H2,9,11). The van der Waals surface area contributed by atoms with Crippen LogP contribution in [0, 0.1) is 20.5 Å². The number of rotatable bonds is 21. The zero-order valence-corrected chi connectivity index (χ0v) is 55.3. The van der Waals surface area contributed by atoms with Crippen LogP contribution in [0.15, 0.2) is 134 Å². The van der Waals surface area contributed by atoms with Crippen molar-refractivity contribution in [3.8, 4) is 11.5 Å². The highest BCUT2D eigenvalue weighted by Crippen LogP contribution is 2.32. The van der Waals surface area contributed by atoms with Gasteiger partial charge in [-0.2, -0.15) is 0 Å². The van der Waals surface area contributed by atoms with Gasteiger partial charge in [0.05, 0.1) is 9.13 Å². The number of aromatic hydroxyl groups is 2. The zero-order chi connectivity index (χ0) is 67.8. The number of aliphatic carboxylic acids is 2. The summed E-state index contributed by atoms with van der Waals surface area (Å²) in [4.78, 5) is 133. The Hall–Kier alpha value is -8.38. The third-order valence-electron chi connectivity index (χ3n) is 10.6. The number of carboxylic acids is 3. The van der Waals surface area contributed by atoms with Crippen molar-refractivity contribution in [3.05, 3.63) is 163 Å². The molecule has 0 bridgehead atoms. The van der Waals surface area contributed by atoms with Gasteiger partial charge in [0.15, 0.2) is 0 Å². The number of hydrogen-bond acceptors (Lipinski definition) is 22. The van der Waals surface area contributed by atoms with E-state index in [1.54, 1.807) is 72.8 Å². The maximum Gasteiger partial charge on any atom is 0.335 e. The van der Waals surface area contributed by atoms with Gasteiger partial charge in [-0.3, -0.25) is 43.2 Å². The lowest BCUT2D eigenvalue weighted by Gasteiger charge is -2.18. The number of nitrogens with two attached hydrogens (primary N) is 8. The molecule has 0 saturated carbocycles. The quantitative estimate of drug-likeness (QED) is 0.0172. The van der Waals surface area contributed by atoms with Crippen molar-refractivity contribution in [3.63, 3.8) is 0 Å². The molecular formula is C54H57I3N12O17S3. The first kappa shape index (κ1) is 78.6. The summed E-state index contributed by atoms with van der Waals surface area (Å²) >= 11 is 9.86. The van der Waals surface area contributed by atoms with Gasteiger partial charge in [-0.05, 0) is 206 Å². The Morgan fingerprint density at radius 3 is 1.37 bits per heavy atom. The van der Waals surface area contributed by atoms with Gasteiger partial charge in [0.1, 0.15) is 41.5 Å². The number of nitrogens with zero attached hydrogens (tertiary/aromatic N) is 2. The number of phenolic OH excluding ortho intramolecular Hbond substituents is 2. The Kier molecular flexibility index (Phi) is 35.5. The molecule has 0 saturated heterocycles. The summed E-state index contributed by atoms with van der Waals surface area (Å²) in [7, 11) is 0. The van der Waals surface area contributed by atoms with Gasteiger partial charge in [0, 0.05) is 73.2 Å². The van der Waals surface area contributed by atoms with Gasteiger partial charge in [0.2, 0.25) is 41.4 Å². The Morgan fingerprint density at radius 1 is 0.528 bits per heavy atom. The number of nitrogen functional groups attached to an aromatic ring is 2. The van der Waals surface area contributed by atoms with Crippen LogP contribution in [0.4, 0.5) is 22.7 Å². The van der Waals surface area contributed by atoms with Crippen LogP contribution in [0.2, 0.25) is 0 Å². The molecule has 474 valence electrons. The van der Waals surface area contributed by atoms with Crippen molar-refractivity contribution in [2.24, 2.45) is 44.8 Å². The first-order chi connectivity index (χ1) is 41.7. The molecule has 0 aromatic heterocycles. The molecule has 0 aliphatic carbocycles. The number of aromatic carboxylic acids is 1. The topological polar surface area (TPSA) is 563 Å². The van der Waals surface area contributed by atoms with Crippen LogP contribution in [0.5, 0.6) is 11.5 Å². The maximum atomic E-state index is 12.3. The van der Waals surface area contributed by atoms with Crippen LogP contribution in [0.1, 0.15) is 75.0 Å².